The number of carbonyl (C=O) groups excluding carboxylic acids is 2. The maximum Gasteiger partial charge on any atom is 0.317 e. The van der Waals surface area contributed by atoms with Gasteiger partial charge in [-0.25, -0.2) is 0 Å². The van der Waals surface area contributed by atoms with E-state index in [0.717, 1.165) is 4.90 Å². The first-order valence-corrected chi connectivity index (χ1v) is 8.83. The van der Waals surface area contributed by atoms with Gasteiger partial charge in [0.15, 0.2) is 6.10 Å². The van der Waals surface area contributed by atoms with E-state index in [4.69, 9.17) is 27.9 Å². The number of rotatable bonds is 6. The van der Waals surface area contributed by atoms with Gasteiger partial charge in [0.2, 0.25) is 0 Å². The minimum Gasteiger partial charge on any atom is -0.452 e. The number of halogens is 2. The first kappa shape index (κ1) is 18.6. The summed E-state index contributed by atoms with van der Waals surface area (Å²) in [6, 6.07) is 14.0. The maximum atomic E-state index is 12.1. The van der Waals surface area contributed by atoms with Crippen molar-refractivity contribution in [2.24, 2.45) is 0 Å². The summed E-state index contributed by atoms with van der Waals surface area (Å²) in [7, 11) is 0. The summed E-state index contributed by atoms with van der Waals surface area (Å²) in [6.45, 7) is 1.50. The fourth-order valence-electron chi connectivity index (χ4n) is 1.78. The van der Waals surface area contributed by atoms with E-state index in [1.165, 1.54) is 18.7 Å². The van der Waals surface area contributed by atoms with Gasteiger partial charge >= 0.3 is 5.97 Å². The van der Waals surface area contributed by atoms with Crippen LogP contribution in [0.25, 0.3) is 0 Å². The largest absolute Gasteiger partial charge is 0.452 e. The second-order valence-electron chi connectivity index (χ2n) is 4.82. The Labute approximate surface area is 154 Å². The molecule has 0 aliphatic heterocycles. The predicted molar refractivity (Wildman–Crippen MR) is 97.8 cm³/mol. The van der Waals surface area contributed by atoms with E-state index in [1.54, 1.807) is 30.3 Å². The van der Waals surface area contributed by atoms with Gasteiger partial charge in [0.05, 0.1) is 21.5 Å². The van der Waals surface area contributed by atoms with Crippen molar-refractivity contribution in [1.29, 1.82) is 0 Å². The van der Waals surface area contributed by atoms with Crippen LogP contribution in [0.1, 0.15) is 6.92 Å². The summed E-state index contributed by atoms with van der Waals surface area (Å²) >= 11 is 13.2. The van der Waals surface area contributed by atoms with Gasteiger partial charge in [0.25, 0.3) is 5.91 Å². The molecular weight excluding hydrogens is 369 g/mol. The number of ether oxygens (including phenoxy) is 1. The highest BCUT2D eigenvalue weighted by Crippen LogP contribution is 2.26. The van der Waals surface area contributed by atoms with Crippen molar-refractivity contribution in [1.82, 2.24) is 0 Å². The third-order valence-electron chi connectivity index (χ3n) is 2.99. The third kappa shape index (κ3) is 5.44. The Morgan fingerprint density at radius 3 is 2.38 bits per heavy atom. The molecule has 0 radical (unpaired) electrons. The molecule has 0 aromatic heterocycles. The van der Waals surface area contributed by atoms with Crippen molar-refractivity contribution in [3.8, 4) is 0 Å². The number of hydrogen-bond acceptors (Lipinski definition) is 4. The maximum absolute atomic E-state index is 12.1. The summed E-state index contributed by atoms with van der Waals surface area (Å²) in [5, 5.41) is 3.61. The number of esters is 1. The zero-order valence-electron chi connectivity index (χ0n) is 12.8. The minimum absolute atomic E-state index is 0.0629. The molecule has 0 aliphatic rings. The molecule has 0 fully saturated rings. The number of carbonyl (C=O) groups is 2. The van der Waals surface area contributed by atoms with Crippen LogP contribution in [0, 0.1) is 0 Å². The normalized spacial score (nSPS) is 11.6. The Morgan fingerprint density at radius 1 is 1.08 bits per heavy atom. The van der Waals surface area contributed by atoms with Crippen molar-refractivity contribution < 1.29 is 14.3 Å². The molecule has 7 heteroatoms. The van der Waals surface area contributed by atoms with Crippen LogP contribution in [-0.4, -0.2) is 23.7 Å². The second-order valence-corrected chi connectivity index (χ2v) is 6.65. The van der Waals surface area contributed by atoms with Crippen molar-refractivity contribution in [2.45, 2.75) is 17.9 Å². The highest BCUT2D eigenvalue weighted by atomic mass is 35.5. The molecule has 0 bridgehead atoms. The van der Waals surface area contributed by atoms with Crippen LogP contribution in [-0.2, 0) is 14.3 Å². The Kier molecular flexibility index (Phi) is 6.97. The molecule has 2 aromatic carbocycles. The van der Waals surface area contributed by atoms with E-state index < -0.39 is 18.0 Å². The van der Waals surface area contributed by atoms with Crippen molar-refractivity contribution >= 4 is 52.5 Å². The van der Waals surface area contributed by atoms with Crippen LogP contribution in [0.5, 0.6) is 0 Å². The van der Waals surface area contributed by atoms with E-state index in [9.17, 15) is 9.59 Å². The zero-order valence-corrected chi connectivity index (χ0v) is 15.1. The quantitative estimate of drug-likeness (QED) is 0.582. The Balaban J connectivity index is 1.84. The number of anilines is 1. The highest BCUT2D eigenvalue weighted by Gasteiger charge is 2.19. The summed E-state index contributed by atoms with van der Waals surface area (Å²) < 4.78 is 5.13. The van der Waals surface area contributed by atoms with E-state index in [0.29, 0.717) is 15.7 Å². The molecule has 0 spiro atoms. The van der Waals surface area contributed by atoms with Crippen LogP contribution >= 0.6 is 35.0 Å². The van der Waals surface area contributed by atoms with Gasteiger partial charge in [0.1, 0.15) is 0 Å². The molecule has 1 N–H and O–H groups in total. The Morgan fingerprint density at radius 2 is 1.71 bits per heavy atom. The van der Waals surface area contributed by atoms with Gasteiger partial charge in [-0.2, -0.15) is 0 Å². The molecule has 0 aliphatic carbocycles. The first-order valence-electron chi connectivity index (χ1n) is 7.09. The number of para-hydroxylation sites is 1. The van der Waals surface area contributed by atoms with E-state index in [1.807, 2.05) is 18.2 Å². The molecule has 2 rings (SSSR count). The summed E-state index contributed by atoms with van der Waals surface area (Å²) in [5.41, 5.74) is 0.470. The van der Waals surface area contributed by atoms with Crippen LogP contribution < -0.4 is 5.32 Å². The average Bonchev–Trinajstić information content (AvgIpc) is 2.56. The number of amides is 1. The van der Waals surface area contributed by atoms with Gasteiger partial charge in [-0.15, -0.1) is 11.8 Å². The molecule has 0 heterocycles. The topological polar surface area (TPSA) is 55.4 Å². The lowest BCUT2D eigenvalue weighted by molar-refractivity contribution is -0.150. The number of hydrogen-bond donors (Lipinski definition) is 1. The predicted octanol–water partition coefficient (Wildman–Crippen LogP) is 4.66. The number of benzene rings is 2. The van der Waals surface area contributed by atoms with Crippen LogP contribution in [0.2, 0.25) is 10.0 Å². The standard InChI is InChI=1S/C17H15Cl2NO3S/c1-11(17(22)20-14-8-4-2-6-12(14)18)23-16(21)10-24-15-9-5-3-7-13(15)19/h2-9,11H,10H2,1H3,(H,20,22). The molecule has 4 nitrogen and oxygen atoms in total. The van der Waals surface area contributed by atoms with E-state index >= 15 is 0 Å². The molecule has 1 atom stereocenters. The molecule has 0 saturated carbocycles. The Bertz CT molecular complexity index is 739. The number of nitrogens with one attached hydrogen (secondary N) is 1. The van der Waals surface area contributed by atoms with Crippen molar-refractivity contribution in [2.75, 3.05) is 11.1 Å². The molecule has 1 amide bonds. The SMILES string of the molecule is CC(OC(=O)CSc1ccccc1Cl)C(=O)Nc1ccccc1Cl. The number of thioether (sulfide) groups is 1. The van der Waals surface area contributed by atoms with Gasteiger partial charge in [-0.1, -0.05) is 47.5 Å². The summed E-state index contributed by atoms with van der Waals surface area (Å²) in [4.78, 5) is 24.7. The van der Waals surface area contributed by atoms with Crippen molar-refractivity contribution in [3.63, 3.8) is 0 Å². The van der Waals surface area contributed by atoms with Gasteiger partial charge < -0.3 is 10.1 Å². The van der Waals surface area contributed by atoms with Crippen LogP contribution in [0.15, 0.2) is 53.4 Å². The lowest BCUT2D eigenvalue weighted by atomic mass is 10.3. The second kappa shape index (κ2) is 8.97. The summed E-state index contributed by atoms with van der Waals surface area (Å²) in [5.74, 6) is -0.881. The smallest absolute Gasteiger partial charge is 0.317 e. The molecule has 2 aromatic rings. The van der Waals surface area contributed by atoms with E-state index in [2.05, 4.69) is 5.32 Å². The minimum atomic E-state index is -0.930. The lowest BCUT2D eigenvalue weighted by Crippen LogP contribution is -2.30. The third-order valence-corrected chi connectivity index (χ3v) is 4.81. The van der Waals surface area contributed by atoms with Gasteiger partial charge in [-0.3, -0.25) is 9.59 Å². The van der Waals surface area contributed by atoms with Gasteiger partial charge in [-0.05, 0) is 31.2 Å². The van der Waals surface area contributed by atoms with Crippen LogP contribution in [0.3, 0.4) is 0 Å². The van der Waals surface area contributed by atoms with Crippen LogP contribution in [0.4, 0.5) is 5.69 Å². The highest BCUT2D eigenvalue weighted by molar-refractivity contribution is 8.00. The summed E-state index contributed by atoms with van der Waals surface area (Å²) in [6.07, 6.45) is -0.930. The molecular formula is C17H15Cl2NO3S. The average molecular weight is 384 g/mol. The van der Waals surface area contributed by atoms with Gasteiger partial charge in [0, 0.05) is 4.90 Å². The zero-order chi connectivity index (χ0) is 17.5. The monoisotopic (exact) mass is 383 g/mol. The fourth-order valence-corrected chi connectivity index (χ4v) is 2.98. The lowest BCUT2D eigenvalue weighted by Gasteiger charge is -2.14. The molecule has 126 valence electrons. The van der Waals surface area contributed by atoms with E-state index in [-0.39, 0.29) is 5.75 Å². The Hall–Kier alpha value is -1.69. The fraction of sp³-hybridized carbons (Fsp3) is 0.176. The first-order chi connectivity index (χ1) is 11.5. The molecule has 24 heavy (non-hydrogen) atoms. The van der Waals surface area contributed by atoms with Crippen molar-refractivity contribution in [3.05, 3.63) is 58.6 Å². The molecule has 0 saturated heterocycles. The molecule has 1 unspecified atom stereocenters.